The Hall–Kier alpha value is -0.880. The minimum Gasteiger partial charge on any atom is -0.774 e. The third kappa shape index (κ3) is 26.7. The van der Waals surface area contributed by atoms with Crippen molar-refractivity contribution in [3.63, 3.8) is 0 Å². The SMILES string of the molecule is O=S(=O)([O-])CCNc1nc(NCCOCCO)nc(Nc2ccc(C=Cc3ccc(Nc4nc(CNCOOS[O-])nc(NCCOCCO)n4)cc3S(=O)(=O)[O-])c(OOS[O-])c2)n1.[Na+].[Na+].[Na+].[Na+]. The number of aliphatic hydroxyl groups excluding tert-OH is 2. The molecular weight excluding hydrogens is 1030 g/mol. The first-order valence-electron chi connectivity index (χ1n) is 18.2. The van der Waals surface area contributed by atoms with Crippen LogP contribution in [0.2, 0.25) is 0 Å². The summed E-state index contributed by atoms with van der Waals surface area (Å²) < 4.78 is 112. The number of aromatic nitrogens is 6. The van der Waals surface area contributed by atoms with Gasteiger partial charge >= 0.3 is 118 Å². The molecule has 4 aromatic rings. The summed E-state index contributed by atoms with van der Waals surface area (Å²) in [7, 11) is -9.65. The molecule has 2 aromatic carbocycles. The van der Waals surface area contributed by atoms with Gasteiger partial charge in [-0.25, -0.2) is 21.7 Å². The van der Waals surface area contributed by atoms with E-state index in [0.717, 1.165) is 6.07 Å². The molecule has 0 aliphatic heterocycles. The predicted molar refractivity (Wildman–Crippen MR) is 224 cm³/mol. The van der Waals surface area contributed by atoms with Gasteiger partial charge in [0, 0.05) is 42.6 Å². The van der Waals surface area contributed by atoms with Crippen LogP contribution in [0.15, 0.2) is 41.3 Å². The van der Waals surface area contributed by atoms with Crippen LogP contribution in [-0.4, -0.2) is 147 Å². The Kier molecular flexibility index (Phi) is 36.5. The molecule has 8 N–H and O–H groups in total. The van der Waals surface area contributed by atoms with Gasteiger partial charge in [-0.1, -0.05) is 30.5 Å². The maximum Gasteiger partial charge on any atom is 1.00 e. The summed E-state index contributed by atoms with van der Waals surface area (Å²) in [5.74, 6) is -0.789. The van der Waals surface area contributed by atoms with E-state index in [9.17, 15) is 35.0 Å². The Morgan fingerprint density at radius 1 is 0.632 bits per heavy atom. The standard InChI is InChI=1S/C32H44N12O16S4.4Na/c45-10-14-55-12-7-34-28-39-27(19-33-20-57-59-61-47)40-31(42-28)38-24-6-4-22(26(18-24)64(52,53)54)2-1-21-3-5-23(17-25(21)58-60-62-48)37-32-43-29(35-8-13-56-15-11-46)41-30(44-32)36-9-16-63(49,50)51;;;;/h1-6,17-18,33,45-48H,7-16,19-20H2,(H,49,50,51)(H,52,53,54)(H2,34,38,39,40,42)(H3,35,36,37,41,43,44);;;;/q;4*+1/p-4. The molecule has 4 rings (SSSR count). The van der Waals surface area contributed by atoms with E-state index in [1.165, 1.54) is 42.5 Å². The number of anilines is 7. The molecule has 68 heavy (non-hydrogen) atoms. The zero-order valence-electron chi connectivity index (χ0n) is 37.0. The largest absolute Gasteiger partial charge is 1.00 e. The number of hydrogen-bond donors (Lipinski definition) is 8. The Bertz CT molecular complexity index is 2310. The summed E-state index contributed by atoms with van der Waals surface area (Å²) in [5.41, 5.74) is 0.538. The van der Waals surface area contributed by atoms with Crippen molar-refractivity contribution >= 4 is 98.2 Å². The molecule has 0 fully saturated rings. The van der Waals surface area contributed by atoms with Crippen molar-refractivity contribution in [2.75, 3.05) is 98.3 Å². The van der Waals surface area contributed by atoms with Gasteiger partial charge in [-0.05, 0) is 42.2 Å². The predicted octanol–water partition coefficient (Wildman–Crippen LogP) is -11.7. The molecule has 352 valence electrons. The minimum absolute atomic E-state index is 0. The van der Waals surface area contributed by atoms with Crippen molar-refractivity contribution in [1.82, 2.24) is 35.2 Å². The molecule has 28 nitrogen and oxygen atoms in total. The zero-order valence-corrected chi connectivity index (χ0v) is 48.3. The summed E-state index contributed by atoms with van der Waals surface area (Å²) in [6.07, 6.45) is 2.68. The Morgan fingerprint density at radius 2 is 1.13 bits per heavy atom. The zero-order chi connectivity index (χ0) is 46.2. The number of rotatable bonds is 32. The fraction of sp³-hybridized carbons (Fsp3) is 0.375. The van der Waals surface area contributed by atoms with E-state index in [0.29, 0.717) is 0 Å². The molecule has 2 aromatic heterocycles. The monoisotopic (exact) mass is 1070 g/mol. The van der Waals surface area contributed by atoms with Crippen LogP contribution in [0, 0.1) is 0 Å². The van der Waals surface area contributed by atoms with E-state index in [-0.39, 0.29) is 279 Å². The van der Waals surface area contributed by atoms with Gasteiger partial charge in [-0.15, -0.1) is 4.33 Å². The van der Waals surface area contributed by atoms with Crippen LogP contribution < -0.4 is 155 Å². The van der Waals surface area contributed by atoms with Gasteiger partial charge in [0.1, 0.15) is 22.7 Å². The van der Waals surface area contributed by atoms with Crippen molar-refractivity contribution < 1.29 is 191 Å². The van der Waals surface area contributed by atoms with Crippen molar-refractivity contribution in [2.24, 2.45) is 0 Å². The summed E-state index contributed by atoms with van der Waals surface area (Å²) >= 11 is -0.606. The molecule has 0 bridgehead atoms. The van der Waals surface area contributed by atoms with E-state index in [4.69, 9.17) is 24.6 Å². The summed E-state index contributed by atoms with van der Waals surface area (Å²) in [6.45, 7) is 0.184. The van der Waals surface area contributed by atoms with Crippen LogP contribution in [0.4, 0.5) is 41.1 Å². The van der Waals surface area contributed by atoms with Crippen molar-refractivity contribution in [1.29, 1.82) is 0 Å². The molecule has 0 saturated carbocycles. The van der Waals surface area contributed by atoms with Crippen LogP contribution in [0.3, 0.4) is 0 Å². The van der Waals surface area contributed by atoms with E-state index in [1.807, 2.05) is 0 Å². The average Bonchev–Trinajstić information content (AvgIpc) is 3.24. The van der Waals surface area contributed by atoms with Crippen LogP contribution >= 0.6 is 24.6 Å². The van der Waals surface area contributed by atoms with Crippen LogP contribution in [-0.2, 0) is 49.8 Å². The maximum atomic E-state index is 12.5. The van der Waals surface area contributed by atoms with E-state index < -0.39 is 30.9 Å². The second-order valence-corrected chi connectivity index (χ2v) is 15.4. The Morgan fingerprint density at radius 3 is 1.69 bits per heavy atom. The normalized spacial score (nSPS) is 11.1. The van der Waals surface area contributed by atoms with Gasteiger partial charge in [-0.3, -0.25) is 5.32 Å². The molecule has 0 radical (unpaired) electrons. The number of benzene rings is 2. The van der Waals surface area contributed by atoms with Gasteiger partial charge in [0.2, 0.25) is 29.7 Å². The van der Waals surface area contributed by atoms with Gasteiger partial charge in [-0.2, -0.15) is 34.2 Å². The quantitative estimate of drug-likeness (QED) is 0.00329. The third-order valence-corrected chi connectivity index (χ3v) is 9.28. The summed E-state index contributed by atoms with van der Waals surface area (Å²) in [4.78, 5) is 34.6. The second kappa shape index (κ2) is 36.9. The van der Waals surface area contributed by atoms with E-state index in [2.05, 4.69) is 75.4 Å². The Labute approximate surface area is 487 Å². The fourth-order valence-corrected chi connectivity index (χ4v) is 6.08. The smallest absolute Gasteiger partial charge is 0.774 e. The van der Waals surface area contributed by atoms with Gasteiger partial charge < -0.3 is 69.4 Å². The minimum atomic E-state index is -5.11. The molecule has 0 saturated heterocycles. The van der Waals surface area contributed by atoms with Crippen LogP contribution in [0.5, 0.6) is 5.75 Å². The van der Waals surface area contributed by atoms with Gasteiger partial charge in [0.05, 0.1) is 67.0 Å². The number of hydrogen-bond acceptors (Lipinski definition) is 30. The van der Waals surface area contributed by atoms with E-state index >= 15 is 0 Å². The number of nitrogens with zero attached hydrogens (tertiary/aromatic N) is 6. The molecule has 0 unspecified atom stereocenters. The molecule has 0 aliphatic carbocycles. The van der Waals surface area contributed by atoms with Gasteiger partial charge in [0.15, 0.2) is 5.75 Å². The first-order valence-corrected chi connectivity index (χ1v) is 22.5. The molecule has 0 amide bonds. The number of nitrogens with one attached hydrogen (secondary N) is 6. The Balaban J connectivity index is 0.0000112. The molecule has 0 atom stereocenters. The van der Waals surface area contributed by atoms with Gasteiger partial charge in [0.25, 0.3) is 0 Å². The first-order chi connectivity index (χ1) is 30.8. The van der Waals surface area contributed by atoms with Crippen molar-refractivity contribution in [3.05, 3.63) is 53.3 Å². The number of aliphatic hydroxyl groups is 2. The fourth-order valence-electron chi connectivity index (χ4n) is 4.84. The molecule has 0 spiro atoms. The molecule has 36 heteroatoms. The average molecular weight is 1070 g/mol. The first kappa shape index (κ1) is 67.1. The second-order valence-electron chi connectivity index (χ2n) is 12.0. The van der Waals surface area contributed by atoms with Crippen LogP contribution in [0.1, 0.15) is 17.0 Å². The molecule has 2 heterocycles. The summed E-state index contributed by atoms with van der Waals surface area (Å²) in [6, 6.07) is 8.20. The number of ether oxygens (including phenoxy) is 2. The van der Waals surface area contributed by atoms with Crippen LogP contribution in [0.25, 0.3) is 12.2 Å². The molecular formula is C32H40N12Na4O16S4. The van der Waals surface area contributed by atoms with Crippen molar-refractivity contribution in [3.8, 4) is 5.75 Å². The maximum absolute atomic E-state index is 12.5. The summed E-state index contributed by atoms with van der Waals surface area (Å²) in [5, 5.41) is 34.8. The third-order valence-electron chi connectivity index (χ3n) is 7.41. The van der Waals surface area contributed by atoms with Crippen molar-refractivity contribution in [2.45, 2.75) is 11.4 Å². The topological polar surface area (TPSA) is 406 Å². The van der Waals surface area contributed by atoms with E-state index in [1.54, 1.807) is 0 Å². The molecule has 0 aliphatic rings.